The molecular weight excluding hydrogens is 656 g/mol. The first-order valence-corrected chi connectivity index (χ1v) is 15.4. The van der Waals surface area contributed by atoms with E-state index in [2.05, 4.69) is 38.4 Å². The predicted molar refractivity (Wildman–Crippen MR) is 171 cm³/mol. The van der Waals surface area contributed by atoms with Crippen molar-refractivity contribution in [3.8, 4) is 0 Å². The molecule has 2 aliphatic rings. The molecule has 0 aromatic carbocycles. The number of hydrogen-bond donors (Lipinski definition) is 8. The molecule has 1 aliphatic heterocycles. The maximum atomic E-state index is 13.6. The van der Waals surface area contributed by atoms with Crippen molar-refractivity contribution in [3.05, 3.63) is 47.0 Å². The number of amides is 3. The second-order valence-electron chi connectivity index (χ2n) is 10.9. The van der Waals surface area contributed by atoms with Crippen LogP contribution in [0.4, 0.5) is 16.6 Å². The zero-order valence-electron chi connectivity index (χ0n) is 25.1. The minimum Gasteiger partial charge on any atom is -0.478 e. The Morgan fingerprint density at radius 1 is 1.30 bits per heavy atom. The number of rotatable bonds is 14. The number of carboxylic acid groups (broad SMARTS) is 2. The number of carbonyl (C=O) groups excluding carboxylic acids is 3. The summed E-state index contributed by atoms with van der Waals surface area (Å²) in [7, 11) is 0. The first-order chi connectivity index (χ1) is 22.2. The molecule has 0 spiro atoms. The van der Waals surface area contributed by atoms with Crippen LogP contribution in [0.15, 0.2) is 46.5 Å². The van der Waals surface area contributed by atoms with E-state index in [0.717, 1.165) is 16.2 Å². The minimum atomic E-state index is -1.79. The third-order valence-electron chi connectivity index (χ3n) is 7.14. The van der Waals surface area contributed by atoms with Crippen molar-refractivity contribution in [1.82, 2.24) is 20.2 Å². The fourth-order valence-corrected chi connectivity index (χ4v) is 5.40. The second-order valence-corrected chi connectivity index (χ2v) is 12.1. The number of nitrogens with two attached hydrogens (primary N) is 3. The number of hydrogen-bond acceptors (Lipinski definition) is 14. The number of nitrogens with one attached hydrogen (secondary N) is 2. The molecule has 1 saturated heterocycles. The van der Waals surface area contributed by atoms with Gasteiger partial charge in [0.05, 0.1) is 6.54 Å². The molecule has 2 aromatic heterocycles. The van der Waals surface area contributed by atoms with Gasteiger partial charge in [-0.3, -0.25) is 14.4 Å². The summed E-state index contributed by atoms with van der Waals surface area (Å²) in [5, 5.41) is 29.9. The number of carbonyl (C=O) groups is 5. The Labute approximate surface area is 276 Å². The number of piperidine rings is 1. The largest absolute Gasteiger partial charge is 0.478 e. The molecule has 4 rings (SSSR count). The lowest BCUT2D eigenvalue weighted by atomic mass is 10.1. The smallest absolute Gasteiger partial charge is 0.352 e. The van der Waals surface area contributed by atoms with Crippen molar-refractivity contribution < 1.29 is 43.6 Å². The second kappa shape index (κ2) is 14.1. The monoisotopic (exact) mass is 689 g/mol. The molecule has 0 radical (unpaired) electrons. The van der Waals surface area contributed by atoms with Crippen molar-refractivity contribution in [2.24, 2.45) is 16.8 Å². The normalized spacial score (nSPS) is 19.7. The van der Waals surface area contributed by atoms with Gasteiger partial charge in [-0.1, -0.05) is 11.2 Å². The molecule has 0 bridgehead atoms. The number of nitrogens with zero attached hydrogens (tertiary/aromatic N) is 5. The van der Waals surface area contributed by atoms with Gasteiger partial charge in [-0.15, -0.1) is 11.3 Å². The van der Waals surface area contributed by atoms with Gasteiger partial charge in [-0.05, 0) is 36.9 Å². The average molecular weight is 690 g/mol. The van der Waals surface area contributed by atoms with Gasteiger partial charge < -0.3 is 47.8 Å². The van der Waals surface area contributed by atoms with Crippen LogP contribution in [-0.4, -0.2) is 90.4 Å². The molecule has 1 saturated carbocycles. The molecule has 250 valence electrons. The lowest BCUT2D eigenvalue weighted by Crippen LogP contribution is -2.48. The highest BCUT2D eigenvalue weighted by molar-refractivity contribution is 7.80. The van der Waals surface area contributed by atoms with E-state index in [4.69, 9.17) is 22.0 Å². The highest BCUT2D eigenvalue weighted by atomic mass is 32.1. The molecular formula is C27H33N10O8S2+. The summed E-state index contributed by atoms with van der Waals surface area (Å²) in [5.41, 5.74) is 14.8. The molecule has 3 atom stereocenters. The van der Waals surface area contributed by atoms with Crippen LogP contribution in [-0.2, 0) is 35.4 Å². The van der Waals surface area contributed by atoms with Crippen molar-refractivity contribution in [2.75, 3.05) is 29.1 Å². The van der Waals surface area contributed by atoms with E-state index in [-0.39, 0.29) is 52.4 Å². The van der Waals surface area contributed by atoms with Gasteiger partial charge in [0.2, 0.25) is 17.4 Å². The number of anilines is 3. The highest BCUT2D eigenvalue weighted by Gasteiger charge is 2.61. The van der Waals surface area contributed by atoms with Crippen LogP contribution in [0.5, 0.6) is 0 Å². The number of allylic oxidation sites excluding steroid dienone is 2. The van der Waals surface area contributed by atoms with E-state index >= 15 is 0 Å². The zero-order valence-corrected chi connectivity index (χ0v) is 26.8. The van der Waals surface area contributed by atoms with E-state index in [1.54, 1.807) is 10.6 Å². The average Bonchev–Trinajstić information content (AvgIpc) is 3.60. The Hall–Kier alpha value is -5.08. The number of nitrogen functional groups attached to an aromatic ring is 2. The van der Waals surface area contributed by atoms with Crippen molar-refractivity contribution in [1.29, 1.82) is 0 Å². The van der Waals surface area contributed by atoms with Crippen molar-refractivity contribution in [2.45, 2.75) is 44.5 Å². The van der Waals surface area contributed by atoms with E-state index in [1.807, 2.05) is 0 Å². The first-order valence-electron chi connectivity index (χ1n) is 13.9. The summed E-state index contributed by atoms with van der Waals surface area (Å²) in [6, 6.07) is -1.61. The molecule has 18 nitrogen and oxygen atoms in total. The summed E-state index contributed by atoms with van der Waals surface area (Å²) in [5.74, 6) is -5.10. The molecule has 2 unspecified atom stereocenters. The summed E-state index contributed by atoms with van der Waals surface area (Å²) in [6.07, 6.45) is 6.48. The van der Waals surface area contributed by atoms with Gasteiger partial charge in [0.25, 0.3) is 18.1 Å². The van der Waals surface area contributed by atoms with Crippen LogP contribution >= 0.6 is 24.0 Å². The van der Waals surface area contributed by atoms with Crippen LogP contribution < -0.4 is 32.4 Å². The van der Waals surface area contributed by atoms with Crippen molar-refractivity contribution in [3.63, 3.8) is 0 Å². The van der Waals surface area contributed by atoms with Crippen LogP contribution in [0.3, 0.4) is 0 Å². The van der Waals surface area contributed by atoms with E-state index < -0.39 is 59.0 Å². The van der Waals surface area contributed by atoms with Gasteiger partial charge in [-0.25, -0.2) is 19.1 Å². The van der Waals surface area contributed by atoms with E-state index in [1.165, 1.54) is 37.8 Å². The molecule has 10 N–H and O–H groups in total. The summed E-state index contributed by atoms with van der Waals surface area (Å²) >= 11 is 5.31. The molecule has 2 aromatic rings. The number of likely N-dealkylation sites (tertiary alicyclic amines) is 1. The molecule has 1 aliphatic carbocycles. The zero-order chi connectivity index (χ0) is 34.6. The third-order valence-corrected chi connectivity index (χ3v) is 8.16. The SMILES string of the molecule is CC(C)(O/N=C(\C(=O)N[C@@H]1C(=O)N(/C(C(=O)O)=C(/C=C/C[n+]2cnc(N)c(NC(=O)CN)c2)CS)C2CC21)c1csc(N)n1)C(=O)O. The van der Waals surface area contributed by atoms with E-state index in [0.29, 0.717) is 6.42 Å². The Balaban J connectivity index is 1.56. The third kappa shape index (κ3) is 7.84. The number of carboxylic acids is 2. The van der Waals surface area contributed by atoms with Crippen LogP contribution in [0.2, 0.25) is 0 Å². The molecule has 3 heterocycles. The standard InChI is InChI=1S/C27H32N10O8S2/c1-27(2,25(43)44)45-35-19(15-10-47-26(30)33-15)22(39)34-18-13-6-16(13)37(23(18)40)20(24(41)42)12(9-46)4-3-5-36-8-14(21(29)31-11-36)32-17(38)7-28/h3-4,8,10-11,13,16,18,29H,5-7,9,28H2,1-2H3,(H7,30,32,33,34,38,39,41,42,43,44,46)/p+1/b4-3+,20-12-,35-19-/t13?,16?,18-/m0/s1. The number of aromatic nitrogens is 3. The molecule has 3 amide bonds. The maximum Gasteiger partial charge on any atom is 0.352 e. The van der Waals surface area contributed by atoms with Gasteiger partial charge in [0.15, 0.2) is 16.5 Å². The number of oxime groups is 1. The van der Waals surface area contributed by atoms with Gasteiger partial charge in [0.1, 0.15) is 30.2 Å². The lowest BCUT2D eigenvalue weighted by molar-refractivity contribution is -0.689. The van der Waals surface area contributed by atoms with Crippen LogP contribution in [0.1, 0.15) is 26.0 Å². The molecule has 47 heavy (non-hydrogen) atoms. The van der Waals surface area contributed by atoms with Crippen LogP contribution in [0.25, 0.3) is 0 Å². The fourth-order valence-electron chi connectivity index (χ4n) is 4.59. The van der Waals surface area contributed by atoms with E-state index in [9.17, 15) is 34.2 Å². The Bertz CT molecular complexity index is 1710. The quantitative estimate of drug-likeness (QED) is 0.0287. The van der Waals surface area contributed by atoms with Gasteiger partial charge >= 0.3 is 11.9 Å². The summed E-state index contributed by atoms with van der Waals surface area (Å²) in [4.78, 5) is 77.0. The number of thiazole rings is 1. The molecule has 2 fully saturated rings. The minimum absolute atomic E-state index is 0.00231. The predicted octanol–water partition coefficient (Wildman–Crippen LogP) is -1.29. The van der Waals surface area contributed by atoms with Gasteiger partial charge in [0, 0.05) is 23.1 Å². The highest BCUT2D eigenvalue weighted by Crippen LogP contribution is 2.47. The topological polar surface area (TPSA) is 282 Å². The number of aliphatic carboxylic acids is 2. The Kier molecular flexibility index (Phi) is 10.5. The van der Waals surface area contributed by atoms with Crippen molar-refractivity contribution >= 4 is 76.0 Å². The first kappa shape index (κ1) is 34.8. The maximum absolute atomic E-state index is 13.6. The van der Waals surface area contributed by atoms with Gasteiger partial charge in [-0.2, -0.15) is 12.6 Å². The number of fused-ring (bicyclic) bond motifs is 1. The fraction of sp³-hybridized carbons (Fsp3) is 0.370. The molecule has 20 heteroatoms. The summed E-state index contributed by atoms with van der Waals surface area (Å²) < 4.78 is 1.58. The Morgan fingerprint density at radius 2 is 2.02 bits per heavy atom. The lowest BCUT2D eigenvalue weighted by Gasteiger charge is -2.23. The number of thiol groups is 1. The summed E-state index contributed by atoms with van der Waals surface area (Å²) in [6.45, 7) is 2.40. The van der Waals surface area contributed by atoms with Crippen LogP contribution in [0, 0.1) is 5.92 Å². The Morgan fingerprint density at radius 3 is 2.62 bits per heavy atom.